The molecule has 0 spiro atoms. The number of benzene rings is 1. The Morgan fingerprint density at radius 2 is 1.94 bits per heavy atom. The van der Waals surface area contributed by atoms with Crippen molar-refractivity contribution < 1.29 is 4.79 Å². The molecule has 1 heterocycles. The van der Waals surface area contributed by atoms with Gasteiger partial charge in [0.1, 0.15) is 0 Å². The molecule has 2 aromatic rings. The van der Waals surface area contributed by atoms with E-state index in [2.05, 4.69) is 17.1 Å². The summed E-state index contributed by atoms with van der Waals surface area (Å²) in [7, 11) is 0. The van der Waals surface area contributed by atoms with Crippen LogP contribution in [0.5, 0.6) is 0 Å². The molecule has 1 aromatic carbocycles. The van der Waals surface area contributed by atoms with Crippen LogP contribution in [0.4, 0.5) is 0 Å². The van der Waals surface area contributed by atoms with E-state index in [1.54, 1.807) is 0 Å². The Morgan fingerprint density at radius 1 is 1.24 bits per heavy atom. The van der Waals surface area contributed by atoms with Gasteiger partial charge in [-0.05, 0) is 31.4 Å². The number of nitrogens with one attached hydrogen (secondary N) is 1. The zero-order valence-corrected chi connectivity index (χ0v) is 10.4. The second kappa shape index (κ2) is 5.04. The average Bonchev–Trinajstić information content (AvgIpc) is 2.72. The van der Waals surface area contributed by atoms with E-state index in [9.17, 15) is 4.79 Å². The van der Waals surface area contributed by atoms with Crippen LogP contribution in [0.1, 0.15) is 19.5 Å². The van der Waals surface area contributed by atoms with Crippen molar-refractivity contribution in [1.29, 1.82) is 0 Å². The van der Waals surface area contributed by atoms with Gasteiger partial charge in [0, 0.05) is 24.3 Å². The van der Waals surface area contributed by atoms with Gasteiger partial charge in [0.15, 0.2) is 0 Å². The van der Waals surface area contributed by atoms with Gasteiger partial charge in [0.05, 0.1) is 6.42 Å². The Labute approximate surface area is 101 Å². The molecule has 0 atom stereocenters. The number of hydrogen-bond acceptors (Lipinski definition) is 1. The van der Waals surface area contributed by atoms with Gasteiger partial charge >= 0.3 is 0 Å². The van der Waals surface area contributed by atoms with Crippen molar-refractivity contribution >= 4 is 16.8 Å². The number of aromatic amines is 1. The molecule has 0 saturated heterocycles. The van der Waals surface area contributed by atoms with Crippen LogP contribution in [-0.4, -0.2) is 28.9 Å². The second-order valence-corrected chi connectivity index (χ2v) is 4.12. The maximum atomic E-state index is 12.0. The van der Waals surface area contributed by atoms with Gasteiger partial charge in [0.2, 0.25) is 5.91 Å². The summed E-state index contributed by atoms with van der Waals surface area (Å²) in [6.07, 6.45) is 0.455. The maximum Gasteiger partial charge on any atom is 0.228 e. The van der Waals surface area contributed by atoms with Gasteiger partial charge in [-0.25, -0.2) is 0 Å². The van der Waals surface area contributed by atoms with Crippen LogP contribution < -0.4 is 0 Å². The summed E-state index contributed by atoms with van der Waals surface area (Å²) in [5.74, 6) is 0.182. The first-order valence-corrected chi connectivity index (χ1v) is 6.09. The first kappa shape index (κ1) is 11.7. The predicted octanol–water partition coefficient (Wildman–Crippen LogP) is 2.58. The number of aromatic nitrogens is 1. The SMILES string of the molecule is CCN(CC)C(=O)Cc1cc2ccccc2[nH]1. The van der Waals surface area contributed by atoms with Gasteiger partial charge in [-0.1, -0.05) is 18.2 Å². The number of fused-ring (bicyclic) bond motifs is 1. The third-order valence-electron chi connectivity index (χ3n) is 3.04. The van der Waals surface area contributed by atoms with Gasteiger partial charge in [0.25, 0.3) is 0 Å². The highest BCUT2D eigenvalue weighted by Gasteiger charge is 2.11. The Bertz CT molecular complexity index is 479. The van der Waals surface area contributed by atoms with Crippen molar-refractivity contribution in [2.75, 3.05) is 13.1 Å². The van der Waals surface area contributed by atoms with Crippen molar-refractivity contribution in [2.24, 2.45) is 0 Å². The molecule has 17 heavy (non-hydrogen) atoms. The molecular weight excluding hydrogens is 212 g/mol. The van der Waals surface area contributed by atoms with E-state index in [0.29, 0.717) is 6.42 Å². The van der Waals surface area contributed by atoms with Crippen molar-refractivity contribution in [1.82, 2.24) is 9.88 Å². The molecule has 1 aromatic heterocycles. The summed E-state index contributed by atoms with van der Waals surface area (Å²) in [6.45, 7) is 5.56. The lowest BCUT2D eigenvalue weighted by Gasteiger charge is -2.17. The molecule has 0 bridgehead atoms. The van der Waals surface area contributed by atoms with E-state index >= 15 is 0 Å². The smallest absolute Gasteiger partial charge is 0.228 e. The standard InChI is InChI=1S/C14H18N2O/c1-3-16(4-2)14(17)10-12-9-11-7-5-6-8-13(11)15-12/h5-9,15H,3-4,10H2,1-2H3. The van der Waals surface area contributed by atoms with Crippen LogP contribution >= 0.6 is 0 Å². The number of H-pyrrole nitrogens is 1. The fourth-order valence-corrected chi connectivity index (χ4v) is 2.08. The Kier molecular flexibility index (Phi) is 3.47. The zero-order chi connectivity index (χ0) is 12.3. The number of amides is 1. The summed E-state index contributed by atoms with van der Waals surface area (Å²) >= 11 is 0. The van der Waals surface area contributed by atoms with E-state index in [1.807, 2.05) is 36.9 Å². The number of para-hydroxylation sites is 1. The molecule has 0 saturated carbocycles. The average molecular weight is 230 g/mol. The fraction of sp³-hybridized carbons (Fsp3) is 0.357. The molecular formula is C14H18N2O. The Balaban J connectivity index is 2.15. The van der Waals surface area contributed by atoms with Crippen LogP contribution in [0.15, 0.2) is 30.3 Å². The Morgan fingerprint density at radius 3 is 2.59 bits per heavy atom. The highest BCUT2D eigenvalue weighted by atomic mass is 16.2. The topological polar surface area (TPSA) is 36.1 Å². The number of carbonyl (C=O) groups excluding carboxylic acids is 1. The zero-order valence-electron chi connectivity index (χ0n) is 10.4. The maximum absolute atomic E-state index is 12.0. The minimum atomic E-state index is 0.182. The molecule has 1 amide bonds. The summed E-state index contributed by atoms with van der Waals surface area (Å²) in [5.41, 5.74) is 2.08. The Hall–Kier alpha value is -1.77. The van der Waals surface area contributed by atoms with Gasteiger partial charge in [-0.3, -0.25) is 4.79 Å². The number of carbonyl (C=O) groups is 1. The summed E-state index contributed by atoms with van der Waals surface area (Å²) in [5, 5.41) is 1.16. The van der Waals surface area contributed by atoms with Crippen LogP contribution in [0, 0.1) is 0 Å². The van der Waals surface area contributed by atoms with E-state index in [-0.39, 0.29) is 5.91 Å². The third kappa shape index (κ3) is 2.49. The van der Waals surface area contributed by atoms with Crippen LogP contribution in [0.25, 0.3) is 10.9 Å². The molecule has 0 fully saturated rings. The number of nitrogens with zero attached hydrogens (tertiary/aromatic N) is 1. The molecule has 0 aliphatic heterocycles. The van der Waals surface area contributed by atoms with Crippen LogP contribution in [0.3, 0.4) is 0 Å². The summed E-state index contributed by atoms with van der Waals surface area (Å²) in [4.78, 5) is 17.1. The summed E-state index contributed by atoms with van der Waals surface area (Å²) in [6, 6.07) is 10.1. The van der Waals surface area contributed by atoms with Crippen molar-refractivity contribution in [3.63, 3.8) is 0 Å². The van der Waals surface area contributed by atoms with E-state index in [0.717, 1.165) is 29.7 Å². The molecule has 0 radical (unpaired) electrons. The highest BCUT2D eigenvalue weighted by Crippen LogP contribution is 2.15. The molecule has 1 N–H and O–H groups in total. The molecule has 0 aliphatic rings. The first-order valence-electron chi connectivity index (χ1n) is 6.09. The van der Waals surface area contributed by atoms with Crippen molar-refractivity contribution in [3.05, 3.63) is 36.0 Å². The largest absolute Gasteiger partial charge is 0.358 e. The number of likely N-dealkylation sites (N-methyl/N-ethyl adjacent to an activating group) is 1. The molecule has 3 nitrogen and oxygen atoms in total. The lowest BCUT2D eigenvalue weighted by atomic mass is 10.2. The molecule has 0 unspecified atom stereocenters. The van der Waals surface area contributed by atoms with Crippen molar-refractivity contribution in [3.8, 4) is 0 Å². The first-order chi connectivity index (χ1) is 8.24. The van der Waals surface area contributed by atoms with E-state index < -0.39 is 0 Å². The highest BCUT2D eigenvalue weighted by molar-refractivity contribution is 5.84. The quantitative estimate of drug-likeness (QED) is 0.861. The number of hydrogen-bond donors (Lipinski definition) is 1. The molecule has 0 aliphatic carbocycles. The van der Waals surface area contributed by atoms with Crippen LogP contribution in [0.2, 0.25) is 0 Å². The molecule has 3 heteroatoms. The minimum absolute atomic E-state index is 0.182. The second-order valence-electron chi connectivity index (χ2n) is 4.12. The molecule has 2 rings (SSSR count). The normalized spacial score (nSPS) is 10.7. The summed E-state index contributed by atoms with van der Waals surface area (Å²) < 4.78 is 0. The lowest BCUT2D eigenvalue weighted by Crippen LogP contribution is -2.31. The van der Waals surface area contributed by atoms with Crippen LogP contribution in [-0.2, 0) is 11.2 Å². The lowest BCUT2D eigenvalue weighted by molar-refractivity contribution is -0.130. The van der Waals surface area contributed by atoms with Gasteiger partial charge < -0.3 is 9.88 Å². The van der Waals surface area contributed by atoms with E-state index in [4.69, 9.17) is 0 Å². The van der Waals surface area contributed by atoms with Gasteiger partial charge in [-0.15, -0.1) is 0 Å². The molecule has 90 valence electrons. The monoisotopic (exact) mass is 230 g/mol. The van der Waals surface area contributed by atoms with Gasteiger partial charge in [-0.2, -0.15) is 0 Å². The third-order valence-corrected chi connectivity index (χ3v) is 3.04. The minimum Gasteiger partial charge on any atom is -0.358 e. The fourth-order valence-electron chi connectivity index (χ4n) is 2.08. The predicted molar refractivity (Wildman–Crippen MR) is 69.9 cm³/mol. The number of rotatable bonds is 4. The van der Waals surface area contributed by atoms with Crippen molar-refractivity contribution in [2.45, 2.75) is 20.3 Å². The van der Waals surface area contributed by atoms with E-state index in [1.165, 1.54) is 0 Å².